The number of halogens is 1. The summed E-state index contributed by atoms with van der Waals surface area (Å²) in [5.74, 6) is -0.469. The number of alkyl halides is 1. The summed E-state index contributed by atoms with van der Waals surface area (Å²) < 4.78 is 4.88. The number of carbonyl (C=O) groups excluding carboxylic acids is 2. The Bertz CT molecular complexity index is 261. The molecule has 4 nitrogen and oxygen atoms in total. The lowest BCUT2D eigenvalue weighted by molar-refractivity contribution is -0.147. The van der Waals surface area contributed by atoms with Gasteiger partial charge in [-0.15, -0.1) is 11.6 Å². The lowest BCUT2D eigenvalue weighted by atomic mass is 9.95. The van der Waals surface area contributed by atoms with Crippen LogP contribution in [0.3, 0.4) is 0 Å². The molecule has 0 aliphatic heterocycles. The number of hydrogen-bond acceptors (Lipinski definition) is 3. The summed E-state index contributed by atoms with van der Waals surface area (Å²) in [6, 6.07) is 0. The van der Waals surface area contributed by atoms with Gasteiger partial charge in [-0.1, -0.05) is 20.8 Å². The minimum Gasteiger partial charge on any atom is -0.466 e. The molecule has 0 fully saturated rings. The van der Waals surface area contributed by atoms with Gasteiger partial charge >= 0.3 is 5.97 Å². The summed E-state index contributed by atoms with van der Waals surface area (Å²) in [4.78, 5) is 23.0. The quantitative estimate of drug-likeness (QED) is 0.589. The Balaban J connectivity index is 4.01. The second-order valence-corrected chi connectivity index (χ2v) is 5.21. The van der Waals surface area contributed by atoms with Gasteiger partial charge in [0, 0.05) is 17.8 Å². The third kappa shape index (κ3) is 6.51. The molecular weight excluding hydrogens is 242 g/mol. The van der Waals surface area contributed by atoms with E-state index in [1.165, 1.54) is 0 Å². The first-order chi connectivity index (χ1) is 7.82. The Hall–Kier alpha value is -0.770. The number of hydrogen-bond donors (Lipinski definition) is 1. The molecule has 0 aromatic carbocycles. The summed E-state index contributed by atoms with van der Waals surface area (Å²) >= 11 is 5.69. The number of ether oxygens (including phenoxy) is 1. The molecule has 0 aliphatic rings. The van der Waals surface area contributed by atoms with Crippen molar-refractivity contribution in [2.45, 2.75) is 34.1 Å². The molecule has 0 aliphatic carbocycles. The van der Waals surface area contributed by atoms with Crippen LogP contribution in [0, 0.1) is 11.3 Å². The van der Waals surface area contributed by atoms with E-state index >= 15 is 0 Å². The van der Waals surface area contributed by atoms with Crippen LogP contribution in [-0.2, 0) is 14.3 Å². The van der Waals surface area contributed by atoms with Gasteiger partial charge in [-0.25, -0.2) is 0 Å². The number of carbonyl (C=O) groups is 2. The highest BCUT2D eigenvalue weighted by molar-refractivity contribution is 6.19. The van der Waals surface area contributed by atoms with Crippen molar-refractivity contribution < 1.29 is 14.3 Å². The van der Waals surface area contributed by atoms with Crippen molar-refractivity contribution in [1.29, 1.82) is 0 Å². The van der Waals surface area contributed by atoms with Gasteiger partial charge in [0.05, 0.1) is 12.5 Å². The first kappa shape index (κ1) is 16.2. The second kappa shape index (κ2) is 7.54. The molecule has 0 aromatic rings. The molecule has 17 heavy (non-hydrogen) atoms. The summed E-state index contributed by atoms with van der Waals surface area (Å²) in [6.45, 7) is 8.06. The second-order valence-electron chi connectivity index (χ2n) is 4.90. The van der Waals surface area contributed by atoms with Crippen molar-refractivity contribution in [2.24, 2.45) is 11.3 Å². The van der Waals surface area contributed by atoms with Crippen LogP contribution >= 0.6 is 11.6 Å². The fourth-order valence-electron chi connectivity index (χ4n) is 1.14. The smallest absolute Gasteiger partial charge is 0.310 e. The van der Waals surface area contributed by atoms with E-state index in [1.807, 2.05) is 20.8 Å². The third-order valence-electron chi connectivity index (χ3n) is 2.27. The predicted molar refractivity (Wildman–Crippen MR) is 67.9 cm³/mol. The fourth-order valence-corrected chi connectivity index (χ4v) is 1.42. The molecule has 1 N–H and O–H groups in total. The molecule has 0 saturated carbocycles. The molecule has 100 valence electrons. The van der Waals surface area contributed by atoms with Crippen LogP contribution in [0.2, 0.25) is 0 Å². The molecule has 0 spiro atoms. The minimum absolute atomic E-state index is 0.0327. The average Bonchev–Trinajstić information content (AvgIpc) is 2.22. The van der Waals surface area contributed by atoms with Crippen LogP contribution in [0.5, 0.6) is 0 Å². The maximum absolute atomic E-state index is 11.6. The van der Waals surface area contributed by atoms with E-state index in [-0.39, 0.29) is 23.7 Å². The molecule has 5 heteroatoms. The zero-order chi connectivity index (χ0) is 13.5. The maximum atomic E-state index is 11.6. The average molecular weight is 264 g/mol. The molecule has 0 heterocycles. The summed E-state index contributed by atoms with van der Waals surface area (Å²) in [5, 5.41) is 2.78. The molecule has 1 amide bonds. The van der Waals surface area contributed by atoms with Crippen molar-refractivity contribution in [3.8, 4) is 0 Å². The lowest BCUT2D eigenvalue weighted by Gasteiger charge is -2.19. The maximum Gasteiger partial charge on any atom is 0.310 e. The van der Waals surface area contributed by atoms with Crippen LogP contribution < -0.4 is 5.32 Å². The van der Waals surface area contributed by atoms with E-state index in [0.717, 1.165) is 0 Å². The lowest BCUT2D eigenvalue weighted by Crippen LogP contribution is -2.36. The molecule has 0 aromatic heterocycles. The van der Waals surface area contributed by atoms with Crippen LogP contribution in [0.15, 0.2) is 0 Å². The molecule has 0 saturated heterocycles. The molecule has 1 unspecified atom stereocenters. The van der Waals surface area contributed by atoms with Crippen LogP contribution in [0.25, 0.3) is 0 Å². The van der Waals surface area contributed by atoms with Gasteiger partial charge in [0.25, 0.3) is 0 Å². The van der Waals surface area contributed by atoms with Crippen molar-refractivity contribution in [3.63, 3.8) is 0 Å². The van der Waals surface area contributed by atoms with Gasteiger partial charge in [-0.2, -0.15) is 0 Å². The van der Waals surface area contributed by atoms with Crippen LogP contribution in [-0.4, -0.2) is 30.9 Å². The van der Waals surface area contributed by atoms with Crippen LogP contribution in [0.1, 0.15) is 34.1 Å². The van der Waals surface area contributed by atoms with E-state index in [4.69, 9.17) is 16.3 Å². The highest BCUT2D eigenvalue weighted by atomic mass is 35.5. The summed E-state index contributed by atoms with van der Waals surface area (Å²) in [5.41, 5.74) is -0.416. The molecule has 1 atom stereocenters. The van der Waals surface area contributed by atoms with Crippen molar-refractivity contribution in [1.82, 2.24) is 5.32 Å². The first-order valence-corrected chi connectivity index (χ1v) is 6.37. The Kier molecular flexibility index (Phi) is 7.19. The number of esters is 1. The van der Waals surface area contributed by atoms with Crippen molar-refractivity contribution in [3.05, 3.63) is 0 Å². The highest BCUT2D eigenvalue weighted by Crippen LogP contribution is 2.13. The normalized spacial score (nSPS) is 13.0. The van der Waals surface area contributed by atoms with Crippen molar-refractivity contribution in [2.75, 3.05) is 19.0 Å². The van der Waals surface area contributed by atoms with Gasteiger partial charge in [-0.3, -0.25) is 9.59 Å². The molecular formula is C12H22ClNO3. The fraction of sp³-hybridized carbons (Fsp3) is 0.833. The van der Waals surface area contributed by atoms with Gasteiger partial charge in [0.2, 0.25) is 5.91 Å². The van der Waals surface area contributed by atoms with E-state index in [0.29, 0.717) is 19.6 Å². The van der Waals surface area contributed by atoms with Crippen LogP contribution in [0.4, 0.5) is 0 Å². The van der Waals surface area contributed by atoms with Gasteiger partial charge < -0.3 is 10.1 Å². The van der Waals surface area contributed by atoms with E-state index in [2.05, 4.69) is 5.32 Å². The van der Waals surface area contributed by atoms with E-state index in [9.17, 15) is 9.59 Å². The van der Waals surface area contributed by atoms with E-state index < -0.39 is 5.41 Å². The monoisotopic (exact) mass is 263 g/mol. The Morgan fingerprint density at radius 3 is 2.35 bits per heavy atom. The Morgan fingerprint density at radius 2 is 1.94 bits per heavy atom. The minimum atomic E-state index is -0.416. The Labute approximate surface area is 108 Å². The standard InChI is InChI=1S/C12H22ClNO3/c1-5-17-10(15)9(8-13)6-7-14-11(16)12(2,3)4/h9H,5-8H2,1-4H3,(H,14,16). The highest BCUT2D eigenvalue weighted by Gasteiger charge is 2.22. The topological polar surface area (TPSA) is 55.4 Å². The van der Waals surface area contributed by atoms with Crippen molar-refractivity contribution >= 4 is 23.5 Å². The number of nitrogens with one attached hydrogen (secondary N) is 1. The van der Waals surface area contributed by atoms with E-state index in [1.54, 1.807) is 6.92 Å². The largest absolute Gasteiger partial charge is 0.466 e. The molecule has 0 rings (SSSR count). The zero-order valence-corrected chi connectivity index (χ0v) is 11.8. The van der Waals surface area contributed by atoms with Gasteiger partial charge in [0.1, 0.15) is 0 Å². The first-order valence-electron chi connectivity index (χ1n) is 5.83. The zero-order valence-electron chi connectivity index (χ0n) is 11.0. The third-order valence-corrected chi connectivity index (χ3v) is 2.64. The number of rotatable bonds is 6. The Morgan fingerprint density at radius 1 is 1.35 bits per heavy atom. The molecule has 0 radical (unpaired) electrons. The SMILES string of the molecule is CCOC(=O)C(CCl)CCNC(=O)C(C)(C)C. The summed E-state index contributed by atoms with van der Waals surface area (Å²) in [7, 11) is 0. The summed E-state index contributed by atoms with van der Waals surface area (Å²) in [6.07, 6.45) is 0.504. The number of amides is 1. The van der Waals surface area contributed by atoms with Gasteiger partial charge in [0.15, 0.2) is 0 Å². The predicted octanol–water partition coefficient (Wildman–Crippen LogP) is 1.96. The van der Waals surface area contributed by atoms with Gasteiger partial charge in [-0.05, 0) is 13.3 Å². The molecule has 0 bridgehead atoms.